The third-order valence-electron chi connectivity index (χ3n) is 4.57. The highest BCUT2D eigenvalue weighted by Crippen LogP contribution is 2.43. The largest absolute Gasteiger partial charge is 0.481 e. The van der Waals surface area contributed by atoms with Crippen LogP contribution in [0.4, 0.5) is 0 Å². The van der Waals surface area contributed by atoms with Crippen LogP contribution in [0.3, 0.4) is 0 Å². The lowest BCUT2D eigenvalue weighted by atomic mass is 9.67. The molecule has 0 saturated heterocycles. The van der Waals surface area contributed by atoms with E-state index in [0.717, 1.165) is 44.4 Å². The maximum absolute atomic E-state index is 11.6. The summed E-state index contributed by atoms with van der Waals surface area (Å²) in [7, 11) is 0. The number of hydrogen-bond donors (Lipinski definition) is 1. The molecular weight excluding hydrogens is 244 g/mol. The van der Waals surface area contributed by atoms with Gasteiger partial charge >= 0.3 is 5.97 Å². The molecule has 0 aliphatic heterocycles. The van der Waals surface area contributed by atoms with E-state index in [1.165, 1.54) is 12.0 Å². The molecule has 0 unspecified atom stereocenters. The van der Waals surface area contributed by atoms with Crippen molar-refractivity contribution in [2.24, 2.45) is 11.3 Å². The molecule has 3 heteroatoms. The highest BCUT2D eigenvalue weighted by molar-refractivity contribution is 7.07. The van der Waals surface area contributed by atoms with Gasteiger partial charge in [0.05, 0.1) is 5.41 Å². The van der Waals surface area contributed by atoms with Gasteiger partial charge in [-0.2, -0.15) is 11.3 Å². The molecule has 1 aromatic rings. The molecule has 0 aromatic carbocycles. The number of carboxylic acid groups (broad SMARTS) is 1. The predicted molar refractivity (Wildman–Crippen MR) is 75.0 cm³/mol. The van der Waals surface area contributed by atoms with E-state index in [4.69, 9.17) is 0 Å². The standard InChI is InChI=1S/C15H22O2S/c1-2-12-3-7-15(8-4-12,14(16)17)9-5-13-6-10-18-11-13/h6,10-12H,2-5,7-9H2,1H3,(H,16,17). The van der Waals surface area contributed by atoms with Crippen LogP contribution in [0, 0.1) is 11.3 Å². The van der Waals surface area contributed by atoms with Gasteiger partial charge in [-0.15, -0.1) is 0 Å². The van der Waals surface area contributed by atoms with Gasteiger partial charge in [0.1, 0.15) is 0 Å². The van der Waals surface area contributed by atoms with Crippen molar-refractivity contribution in [3.05, 3.63) is 22.4 Å². The Kier molecular flexibility index (Phi) is 4.44. The Bertz CT molecular complexity index is 375. The molecule has 0 amide bonds. The molecule has 0 radical (unpaired) electrons. The topological polar surface area (TPSA) is 37.3 Å². The van der Waals surface area contributed by atoms with Gasteiger partial charge in [-0.3, -0.25) is 4.79 Å². The van der Waals surface area contributed by atoms with Gasteiger partial charge in [0.15, 0.2) is 0 Å². The summed E-state index contributed by atoms with van der Waals surface area (Å²) in [5.74, 6) is 0.172. The molecule has 0 bridgehead atoms. The van der Waals surface area contributed by atoms with Gasteiger partial charge in [0, 0.05) is 0 Å². The normalized spacial score (nSPS) is 28.2. The summed E-state index contributed by atoms with van der Waals surface area (Å²) in [6, 6.07) is 2.11. The van der Waals surface area contributed by atoms with Gasteiger partial charge in [-0.25, -0.2) is 0 Å². The SMILES string of the molecule is CCC1CCC(CCc2ccsc2)(C(=O)O)CC1. The lowest BCUT2D eigenvalue weighted by Crippen LogP contribution is -2.35. The maximum Gasteiger partial charge on any atom is 0.309 e. The van der Waals surface area contributed by atoms with E-state index in [1.807, 2.05) is 0 Å². The van der Waals surface area contributed by atoms with Crippen LogP contribution >= 0.6 is 11.3 Å². The molecular formula is C15H22O2S. The summed E-state index contributed by atoms with van der Waals surface area (Å²) in [6.45, 7) is 2.21. The highest BCUT2D eigenvalue weighted by atomic mass is 32.1. The van der Waals surface area contributed by atoms with E-state index >= 15 is 0 Å². The fourth-order valence-corrected chi connectivity index (χ4v) is 3.73. The highest BCUT2D eigenvalue weighted by Gasteiger charge is 2.40. The number of carbonyl (C=O) groups is 1. The second-order valence-corrected chi connectivity index (χ2v) is 6.35. The Morgan fingerprint density at radius 1 is 1.50 bits per heavy atom. The van der Waals surface area contributed by atoms with Crippen LogP contribution in [0.15, 0.2) is 16.8 Å². The number of aryl methyl sites for hydroxylation is 1. The van der Waals surface area contributed by atoms with E-state index in [1.54, 1.807) is 11.3 Å². The Balaban J connectivity index is 1.97. The molecule has 1 saturated carbocycles. The molecule has 0 spiro atoms. The van der Waals surface area contributed by atoms with Gasteiger partial charge in [0.25, 0.3) is 0 Å². The van der Waals surface area contributed by atoms with Crippen LogP contribution in [0.1, 0.15) is 51.0 Å². The third kappa shape index (κ3) is 2.94. The van der Waals surface area contributed by atoms with Crippen LogP contribution in [-0.4, -0.2) is 11.1 Å². The minimum Gasteiger partial charge on any atom is -0.481 e. The summed E-state index contributed by atoms with van der Waals surface area (Å²) in [4.78, 5) is 11.6. The Labute approximate surface area is 113 Å². The summed E-state index contributed by atoms with van der Waals surface area (Å²) >= 11 is 1.69. The van der Waals surface area contributed by atoms with Gasteiger partial charge in [-0.1, -0.05) is 13.3 Å². The maximum atomic E-state index is 11.6. The molecule has 1 heterocycles. The van der Waals surface area contributed by atoms with Crippen LogP contribution in [0.2, 0.25) is 0 Å². The first-order chi connectivity index (χ1) is 8.66. The smallest absolute Gasteiger partial charge is 0.309 e. The molecule has 100 valence electrons. The molecule has 18 heavy (non-hydrogen) atoms. The molecule has 2 rings (SSSR count). The fraction of sp³-hybridized carbons (Fsp3) is 0.667. The summed E-state index contributed by atoms with van der Waals surface area (Å²) in [6.07, 6.45) is 6.82. The average molecular weight is 266 g/mol. The average Bonchev–Trinajstić information content (AvgIpc) is 2.90. The first kappa shape index (κ1) is 13.6. The quantitative estimate of drug-likeness (QED) is 0.860. The van der Waals surface area contributed by atoms with E-state index in [2.05, 4.69) is 23.8 Å². The van der Waals surface area contributed by atoms with Gasteiger partial charge in [0.2, 0.25) is 0 Å². The molecule has 1 aliphatic carbocycles. The van der Waals surface area contributed by atoms with Crippen LogP contribution < -0.4 is 0 Å². The number of thiophene rings is 1. The van der Waals surface area contributed by atoms with E-state index < -0.39 is 11.4 Å². The van der Waals surface area contributed by atoms with Crippen molar-refractivity contribution in [2.45, 2.75) is 51.9 Å². The zero-order valence-corrected chi connectivity index (χ0v) is 11.8. The van der Waals surface area contributed by atoms with Crippen molar-refractivity contribution in [3.8, 4) is 0 Å². The van der Waals surface area contributed by atoms with Crippen molar-refractivity contribution in [1.82, 2.24) is 0 Å². The second-order valence-electron chi connectivity index (χ2n) is 5.57. The molecule has 1 aliphatic rings. The van der Waals surface area contributed by atoms with Crippen LogP contribution in [-0.2, 0) is 11.2 Å². The Morgan fingerprint density at radius 2 is 2.22 bits per heavy atom. The zero-order valence-electron chi connectivity index (χ0n) is 11.0. The lowest BCUT2D eigenvalue weighted by Gasteiger charge is -2.36. The Hall–Kier alpha value is -0.830. The van der Waals surface area contributed by atoms with E-state index in [-0.39, 0.29) is 0 Å². The van der Waals surface area contributed by atoms with Crippen molar-refractivity contribution in [2.75, 3.05) is 0 Å². The molecule has 1 N–H and O–H groups in total. The third-order valence-corrected chi connectivity index (χ3v) is 5.30. The molecule has 1 aromatic heterocycles. The first-order valence-electron chi connectivity index (χ1n) is 6.91. The fourth-order valence-electron chi connectivity index (χ4n) is 3.03. The molecule has 0 atom stereocenters. The van der Waals surface area contributed by atoms with E-state index in [0.29, 0.717) is 0 Å². The lowest BCUT2D eigenvalue weighted by molar-refractivity contribution is -0.152. The zero-order chi connectivity index (χ0) is 13.0. The van der Waals surface area contributed by atoms with Gasteiger partial charge < -0.3 is 5.11 Å². The van der Waals surface area contributed by atoms with Crippen LogP contribution in [0.25, 0.3) is 0 Å². The minimum absolute atomic E-state index is 0.451. The minimum atomic E-state index is -0.577. The number of carboxylic acids is 1. The van der Waals surface area contributed by atoms with Crippen LogP contribution in [0.5, 0.6) is 0 Å². The molecule has 2 nitrogen and oxygen atoms in total. The number of rotatable bonds is 5. The van der Waals surface area contributed by atoms with Crippen molar-refractivity contribution < 1.29 is 9.90 Å². The molecule has 1 fully saturated rings. The van der Waals surface area contributed by atoms with Crippen molar-refractivity contribution in [3.63, 3.8) is 0 Å². The summed E-state index contributed by atoms with van der Waals surface area (Å²) < 4.78 is 0. The first-order valence-corrected chi connectivity index (χ1v) is 7.85. The Morgan fingerprint density at radius 3 is 2.72 bits per heavy atom. The monoisotopic (exact) mass is 266 g/mol. The van der Waals surface area contributed by atoms with Crippen molar-refractivity contribution >= 4 is 17.3 Å². The van der Waals surface area contributed by atoms with E-state index in [9.17, 15) is 9.90 Å². The second kappa shape index (κ2) is 5.87. The van der Waals surface area contributed by atoms with Gasteiger partial charge in [-0.05, 0) is 66.8 Å². The number of hydrogen-bond acceptors (Lipinski definition) is 2. The summed E-state index contributed by atoms with van der Waals surface area (Å²) in [5, 5.41) is 13.8. The van der Waals surface area contributed by atoms with Crippen molar-refractivity contribution in [1.29, 1.82) is 0 Å². The summed E-state index contributed by atoms with van der Waals surface area (Å²) in [5.41, 5.74) is 0.839. The predicted octanol–water partition coefficient (Wildman–Crippen LogP) is 4.35. The number of aliphatic carboxylic acids is 1.